The first kappa shape index (κ1) is 21.7. The minimum atomic E-state index is -0.0679. The van der Waals surface area contributed by atoms with Crippen LogP contribution in [0.15, 0.2) is 24.4 Å². The number of aromatic nitrogens is 3. The fourth-order valence-corrected chi connectivity index (χ4v) is 5.35. The van der Waals surface area contributed by atoms with Gasteiger partial charge in [-0.25, -0.2) is 9.67 Å². The second kappa shape index (κ2) is 8.32. The molecule has 5 heterocycles. The maximum atomic E-state index is 6.01. The molecule has 172 valence electrons. The van der Waals surface area contributed by atoms with E-state index in [1.165, 1.54) is 11.1 Å². The number of hydrogen-bond acceptors (Lipinski definition) is 7. The second-order valence-electron chi connectivity index (χ2n) is 10.4. The molecule has 8 heteroatoms. The molecule has 2 fully saturated rings. The van der Waals surface area contributed by atoms with Gasteiger partial charge in [-0.3, -0.25) is 0 Å². The molecule has 0 aromatic carbocycles. The highest BCUT2D eigenvalue weighted by molar-refractivity contribution is 7.22. The molecule has 32 heavy (non-hydrogen) atoms. The molecule has 0 radical (unpaired) electrons. The van der Waals surface area contributed by atoms with Gasteiger partial charge in [0.2, 0.25) is 0 Å². The van der Waals surface area contributed by atoms with E-state index in [-0.39, 0.29) is 17.2 Å². The van der Waals surface area contributed by atoms with Crippen LogP contribution in [-0.2, 0) is 9.47 Å². The summed E-state index contributed by atoms with van der Waals surface area (Å²) in [7, 11) is 0. The Morgan fingerprint density at radius 1 is 1.25 bits per heavy atom. The van der Waals surface area contributed by atoms with Crippen LogP contribution in [0.5, 0.6) is 0 Å². The molecular formula is C24H33N5O2S. The van der Waals surface area contributed by atoms with E-state index in [2.05, 4.69) is 61.6 Å². The fourth-order valence-electron chi connectivity index (χ4n) is 4.24. The Balaban J connectivity index is 1.51. The lowest BCUT2D eigenvalue weighted by Crippen LogP contribution is -2.45. The predicted octanol–water partition coefficient (Wildman–Crippen LogP) is 5.52. The average molecular weight is 456 g/mol. The Hall–Kier alpha value is -2.16. The van der Waals surface area contributed by atoms with Crippen LogP contribution in [0, 0.1) is 5.41 Å². The van der Waals surface area contributed by atoms with Gasteiger partial charge in [0.25, 0.3) is 0 Å². The predicted molar refractivity (Wildman–Crippen MR) is 130 cm³/mol. The van der Waals surface area contributed by atoms with Crippen LogP contribution in [0.1, 0.15) is 53.2 Å². The lowest BCUT2D eigenvalue weighted by atomic mass is 9.89. The first-order chi connectivity index (χ1) is 15.3. The van der Waals surface area contributed by atoms with E-state index in [1.54, 1.807) is 11.3 Å². The van der Waals surface area contributed by atoms with Crippen molar-refractivity contribution >= 4 is 33.1 Å². The first-order valence-electron chi connectivity index (χ1n) is 11.5. The van der Waals surface area contributed by atoms with Gasteiger partial charge in [0.1, 0.15) is 5.82 Å². The van der Waals surface area contributed by atoms with Gasteiger partial charge in [0, 0.05) is 36.4 Å². The zero-order valence-corrected chi connectivity index (χ0v) is 20.2. The molecule has 0 saturated carbocycles. The lowest BCUT2D eigenvalue weighted by molar-refractivity contribution is -0.0924. The van der Waals surface area contributed by atoms with Crippen molar-refractivity contribution in [2.45, 2.75) is 58.7 Å². The van der Waals surface area contributed by atoms with Gasteiger partial charge in [-0.1, -0.05) is 6.92 Å². The molecule has 0 aliphatic carbocycles. The Morgan fingerprint density at radius 3 is 2.78 bits per heavy atom. The van der Waals surface area contributed by atoms with Crippen LogP contribution in [0.3, 0.4) is 0 Å². The number of anilines is 2. The Kier molecular flexibility index (Phi) is 5.63. The summed E-state index contributed by atoms with van der Waals surface area (Å²) in [5.41, 5.74) is 3.32. The standard InChI is InChI=1S/C24H33N5O2S/c1-23(2,3)28-20-12-16(25-13-24(4)14-30-15-24)22-17(27-20)11-19(32-22)18-8-9-26-29(18)21-7-5-6-10-31-21/h8-9,11-12,21H,5-7,10,13-15H2,1-4H3,(H2,25,27,28). The third-order valence-electron chi connectivity index (χ3n) is 5.94. The van der Waals surface area contributed by atoms with Crippen molar-refractivity contribution in [3.63, 3.8) is 0 Å². The smallest absolute Gasteiger partial charge is 0.150 e. The Morgan fingerprint density at radius 2 is 2.09 bits per heavy atom. The van der Waals surface area contributed by atoms with E-state index >= 15 is 0 Å². The number of pyridine rings is 1. The van der Waals surface area contributed by atoms with Crippen LogP contribution in [-0.4, -0.2) is 46.7 Å². The average Bonchev–Trinajstić information content (AvgIpc) is 3.37. The molecular weight excluding hydrogens is 422 g/mol. The van der Waals surface area contributed by atoms with Gasteiger partial charge < -0.3 is 20.1 Å². The summed E-state index contributed by atoms with van der Waals surface area (Å²) in [6.07, 6.45) is 5.19. The molecule has 3 aromatic heterocycles. The molecule has 1 atom stereocenters. The molecule has 2 N–H and O–H groups in total. The highest BCUT2D eigenvalue weighted by Crippen LogP contribution is 2.40. The van der Waals surface area contributed by atoms with Crippen molar-refractivity contribution in [2.75, 3.05) is 37.0 Å². The SMILES string of the molecule is CC1(CNc2cc(NC(C)(C)C)nc3cc(-c4ccnn4C4CCCCO4)sc23)COC1. The van der Waals surface area contributed by atoms with Crippen molar-refractivity contribution in [1.82, 2.24) is 14.8 Å². The zero-order chi connectivity index (χ0) is 22.3. The fraction of sp³-hybridized carbons (Fsp3) is 0.583. The van der Waals surface area contributed by atoms with Crippen molar-refractivity contribution in [2.24, 2.45) is 5.41 Å². The molecule has 3 aromatic rings. The van der Waals surface area contributed by atoms with Crippen LogP contribution in [0.4, 0.5) is 11.5 Å². The van der Waals surface area contributed by atoms with E-state index < -0.39 is 0 Å². The van der Waals surface area contributed by atoms with Crippen LogP contribution in [0.25, 0.3) is 20.8 Å². The number of hydrogen-bond donors (Lipinski definition) is 2. The van der Waals surface area contributed by atoms with Gasteiger partial charge in [-0.05, 0) is 52.2 Å². The summed E-state index contributed by atoms with van der Waals surface area (Å²) in [5.74, 6) is 0.885. The third kappa shape index (κ3) is 4.49. The van der Waals surface area contributed by atoms with Crippen LogP contribution >= 0.6 is 11.3 Å². The van der Waals surface area contributed by atoms with Gasteiger partial charge >= 0.3 is 0 Å². The zero-order valence-electron chi connectivity index (χ0n) is 19.4. The number of thiophene rings is 1. The number of nitrogens with zero attached hydrogens (tertiary/aromatic N) is 3. The Labute approximate surface area is 193 Å². The van der Waals surface area contributed by atoms with E-state index in [0.29, 0.717) is 0 Å². The summed E-state index contributed by atoms with van der Waals surface area (Å²) in [6, 6.07) is 6.40. The Bertz CT molecular complexity index is 1090. The number of rotatable bonds is 6. The van der Waals surface area contributed by atoms with E-state index in [4.69, 9.17) is 14.5 Å². The number of ether oxygens (including phenoxy) is 2. The maximum absolute atomic E-state index is 6.01. The minimum Gasteiger partial charge on any atom is -0.383 e. The highest BCUT2D eigenvalue weighted by atomic mass is 32.1. The molecule has 2 aliphatic heterocycles. The molecule has 7 nitrogen and oxygen atoms in total. The molecule has 0 spiro atoms. The van der Waals surface area contributed by atoms with Crippen LogP contribution in [0.2, 0.25) is 0 Å². The maximum Gasteiger partial charge on any atom is 0.150 e. The largest absolute Gasteiger partial charge is 0.383 e. The molecule has 5 rings (SSSR count). The van der Waals surface area contributed by atoms with Gasteiger partial charge in [0.15, 0.2) is 6.23 Å². The summed E-state index contributed by atoms with van der Waals surface area (Å²) in [6.45, 7) is 12.0. The molecule has 2 aliphatic rings. The quantitative estimate of drug-likeness (QED) is 0.510. The van der Waals surface area contributed by atoms with Gasteiger partial charge in [-0.15, -0.1) is 11.3 Å². The van der Waals surface area contributed by atoms with Crippen LogP contribution < -0.4 is 10.6 Å². The third-order valence-corrected chi connectivity index (χ3v) is 7.12. The highest BCUT2D eigenvalue weighted by Gasteiger charge is 2.33. The van der Waals surface area contributed by atoms with Crippen molar-refractivity contribution in [3.05, 3.63) is 24.4 Å². The van der Waals surface area contributed by atoms with E-state index in [9.17, 15) is 0 Å². The van der Waals surface area contributed by atoms with Crippen molar-refractivity contribution < 1.29 is 9.47 Å². The van der Waals surface area contributed by atoms with Gasteiger partial charge in [0.05, 0.1) is 39.7 Å². The van der Waals surface area contributed by atoms with Crippen molar-refractivity contribution in [3.8, 4) is 10.6 Å². The van der Waals surface area contributed by atoms with E-state index in [1.807, 2.05) is 10.9 Å². The topological polar surface area (TPSA) is 73.2 Å². The second-order valence-corrected chi connectivity index (χ2v) is 11.4. The van der Waals surface area contributed by atoms with E-state index in [0.717, 1.165) is 66.8 Å². The van der Waals surface area contributed by atoms with Gasteiger partial charge in [-0.2, -0.15) is 5.10 Å². The summed E-state index contributed by atoms with van der Waals surface area (Å²) >= 11 is 1.76. The summed E-state index contributed by atoms with van der Waals surface area (Å²) in [5, 5.41) is 11.8. The number of fused-ring (bicyclic) bond motifs is 1. The monoisotopic (exact) mass is 455 g/mol. The first-order valence-corrected chi connectivity index (χ1v) is 12.3. The minimum absolute atomic E-state index is 0.0150. The normalized spacial score (nSPS) is 20.8. The lowest BCUT2D eigenvalue weighted by Gasteiger charge is -2.38. The van der Waals surface area contributed by atoms with Crippen molar-refractivity contribution in [1.29, 1.82) is 0 Å². The number of nitrogens with one attached hydrogen (secondary N) is 2. The molecule has 2 saturated heterocycles. The molecule has 0 amide bonds. The summed E-state index contributed by atoms with van der Waals surface area (Å²) in [4.78, 5) is 6.11. The molecule has 1 unspecified atom stereocenters. The molecule has 0 bridgehead atoms. The summed E-state index contributed by atoms with van der Waals surface area (Å²) < 4.78 is 14.7.